The highest BCUT2D eigenvalue weighted by Crippen LogP contribution is 2.20. The number of sulfonamides is 1. The van der Waals surface area contributed by atoms with Gasteiger partial charge in [-0.15, -0.1) is 11.3 Å². The zero-order valence-electron chi connectivity index (χ0n) is 14.5. The first-order valence-electron chi connectivity index (χ1n) is 8.52. The van der Waals surface area contributed by atoms with Crippen molar-refractivity contribution < 1.29 is 12.9 Å². The van der Waals surface area contributed by atoms with Gasteiger partial charge in [-0.3, -0.25) is 4.90 Å². The van der Waals surface area contributed by atoms with Gasteiger partial charge in [-0.2, -0.15) is 4.98 Å². The Morgan fingerprint density at radius 3 is 3.00 bits per heavy atom. The van der Waals surface area contributed by atoms with Crippen molar-refractivity contribution in [3.8, 4) is 0 Å². The van der Waals surface area contributed by atoms with E-state index in [1.54, 1.807) is 17.5 Å². The second kappa shape index (κ2) is 7.94. The van der Waals surface area contributed by atoms with Crippen molar-refractivity contribution in [1.29, 1.82) is 0 Å². The Hall–Kier alpha value is -1.29. The van der Waals surface area contributed by atoms with Crippen LogP contribution in [0.5, 0.6) is 0 Å². The highest BCUT2D eigenvalue weighted by Gasteiger charge is 2.24. The molecule has 1 saturated heterocycles. The van der Waals surface area contributed by atoms with Gasteiger partial charge in [0.25, 0.3) is 0 Å². The molecule has 7 nitrogen and oxygen atoms in total. The summed E-state index contributed by atoms with van der Waals surface area (Å²) >= 11 is 1.24. The summed E-state index contributed by atoms with van der Waals surface area (Å²) in [7, 11) is -3.39. The van der Waals surface area contributed by atoms with Crippen molar-refractivity contribution in [2.24, 2.45) is 5.92 Å². The minimum atomic E-state index is -3.39. The van der Waals surface area contributed by atoms with Gasteiger partial charge in [0.1, 0.15) is 4.21 Å². The third-order valence-electron chi connectivity index (χ3n) is 4.27. The molecule has 0 radical (unpaired) electrons. The van der Waals surface area contributed by atoms with E-state index in [0.717, 1.165) is 25.9 Å². The van der Waals surface area contributed by atoms with Crippen LogP contribution < -0.4 is 4.72 Å². The highest BCUT2D eigenvalue weighted by molar-refractivity contribution is 7.91. The van der Waals surface area contributed by atoms with Crippen molar-refractivity contribution in [3.05, 3.63) is 29.2 Å². The molecule has 2 aromatic heterocycles. The predicted molar refractivity (Wildman–Crippen MR) is 95.9 cm³/mol. The summed E-state index contributed by atoms with van der Waals surface area (Å²) in [6.07, 6.45) is 2.06. The Morgan fingerprint density at radius 1 is 1.48 bits per heavy atom. The topological polar surface area (TPSA) is 88.3 Å². The first-order valence-corrected chi connectivity index (χ1v) is 10.9. The van der Waals surface area contributed by atoms with Gasteiger partial charge in [-0.25, -0.2) is 13.1 Å². The van der Waals surface area contributed by atoms with Crippen LogP contribution in [-0.2, 0) is 16.6 Å². The van der Waals surface area contributed by atoms with Gasteiger partial charge in [-0.1, -0.05) is 25.1 Å². The Kier molecular flexibility index (Phi) is 5.88. The van der Waals surface area contributed by atoms with Gasteiger partial charge in [0.2, 0.25) is 15.9 Å². The lowest BCUT2D eigenvalue weighted by Gasteiger charge is -2.31. The molecular weight excluding hydrogens is 360 g/mol. The Balaban J connectivity index is 1.52. The largest absolute Gasteiger partial charge is 0.339 e. The summed E-state index contributed by atoms with van der Waals surface area (Å²) in [5.41, 5.74) is 0. The van der Waals surface area contributed by atoms with Crippen LogP contribution in [0.2, 0.25) is 0 Å². The molecule has 0 spiro atoms. The third-order valence-corrected chi connectivity index (χ3v) is 7.09. The highest BCUT2D eigenvalue weighted by atomic mass is 32.2. The number of hydrogen-bond acceptors (Lipinski definition) is 7. The minimum Gasteiger partial charge on any atom is -0.339 e. The molecule has 1 N–H and O–H groups in total. The van der Waals surface area contributed by atoms with Crippen LogP contribution in [0.25, 0.3) is 0 Å². The Bertz CT molecular complexity index is 771. The number of hydrogen-bond donors (Lipinski definition) is 1. The van der Waals surface area contributed by atoms with E-state index in [0.29, 0.717) is 34.9 Å². The molecule has 0 aliphatic carbocycles. The number of nitrogens with zero attached hydrogens (tertiary/aromatic N) is 3. The third kappa shape index (κ3) is 4.87. The number of thiophene rings is 1. The first-order chi connectivity index (χ1) is 11.9. The molecular formula is C16H24N4O3S2. The molecule has 1 aliphatic rings. The maximum absolute atomic E-state index is 12.2. The molecule has 1 atom stereocenters. The fourth-order valence-electron chi connectivity index (χ4n) is 2.94. The quantitative estimate of drug-likeness (QED) is 0.789. The van der Waals surface area contributed by atoms with Crippen molar-refractivity contribution >= 4 is 21.4 Å². The standard InChI is InChI=1S/C16H24N4O3S2/c1-12(2)16-18-14(19-23-16)11-20-7-3-5-13(10-20)9-17-25(21,22)15-6-4-8-24-15/h4,6,8,12-13,17H,3,5,7,9-11H2,1-2H3. The van der Waals surface area contributed by atoms with Crippen LogP contribution in [0, 0.1) is 5.92 Å². The zero-order chi connectivity index (χ0) is 17.9. The zero-order valence-corrected chi connectivity index (χ0v) is 16.1. The lowest BCUT2D eigenvalue weighted by Crippen LogP contribution is -2.40. The number of rotatable bonds is 7. The molecule has 1 unspecified atom stereocenters. The molecule has 3 rings (SSSR count). The number of likely N-dealkylation sites (tertiary alicyclic amines) is 1. The summed E-state index contributed by atoms with van der Waals surface area (Å²) in [6, 6.07) is 3.38. The molecule has 1 aliphatic heterocycles. The van der Waals surface area contributed by atoms with Crippen LogP contribution in [0.3, 0.4) is 0 Å². The maximum atomic E-state index is 12.2. The molecule has 138 valence electrons. The summed E-state index contributed by atoms with van der Waals surface area (Å²) < 4.78 is 32.8. The summed E-state index contributed by atoms with van der Waals surface area (Å²) in [5.74, 6) is 1.87. The SMILES string of the molecule is CC(C)c1nc(CN2CCCC(CNS(=O)(=O)c3cccs3)C2)no1. The lowest BCUT2D eigenvalue weighted by molar-refractivity contribution is 0.163. The van der Waals surface area contributed by atoms with E-state index in [4.69, 9.17) is 4.52 Å². The second-order valence-corrected chi connectivity index (χ2v) is 9.67. The minimum absolute atomic E-state index is 0.224. The molecule has 0 aromatic carbocycles. The fraction of sp³-hybridized carbons (Fsp3) is 0.625. The maximum Gasteiger partial charge on any atom is 0.250 e. The van der Waals surface area contributed by atoms with Gasteiger partial charge in [-0.05, 0) is 36.8 Å². The average molecular weight is 385 g/mol. The molecule has 25 heavy (non-hydrogen) atoms. The van der Waals surface area contributed by atoms with E-state index in [9.17, 15) is 8.42 Å². The smallest absolute Gasteiger partial charge is 0.250 e. The van der Waals surface area contributed by atoms with E-state index >= 15 is 0 Å². The van der Waals surface area contributed by atoms with Gasteiger partial charge >= 0.3 is 0 Å². The van der Waals surface area contributed by atoms with Crippen LogP contribution >= 0.6 is 11.3 Å². The van der Waals surface area contributed by atoms with Gasteiger partial charge in [0.15, 0.2) is 5.82 Å². The fourth-order valence-corrected chi connectivity index (χ4v) is 5.10. The van der Waals surface area contributed by atoms with Gasteiger partial charge < -0.3 is 4.52 Å². The number of piperidine rings is 1. The van der Waals surface area contributed by atoms with Crippen LogP contribution in [0.15, 0.2) is 26.2 Å². The number of nitrogens with one attached hydrogen (secondary N) is 1. The molecule has 3 heterocycles. The molecule has 0 bridgehead atoms. The van der Waals surface area contributed by atoms with E-state index in [-0.39, 0.29) is 5.92 Å². The summed E-state index contributed by atoms with van der Waals surface area (Å²) in [6.45, 7) is 6.95. The summed E-state index contributed by atoms with van der Waals surface area (Å²) in [5, 5.41) is 5.81. The first kappa shape index (κ1) is 18.5. The van der Waals surface area contributed by atoms with Gasteiger partial charge in [0, 0.05) is 19.0 Å². The van der Waals surface area contributed by atoms with E-state index in [1.165, 1.54) is 11.3 Å². The van der Waals surface area contributed by atoms with Crippen molar-refractivity contribution in [1.82, 2.24) is 19.8 Å². The van der Waals surface area contributed by atoms with E-state index in [1.807, 2.05) is 13.8 Å². The van der Waals surface area contributed by atoms with Crippen molar-refractivity contribution in [2.45, 2.75) is 43.4 Å². The predicted octanol–water partition coefficient (Wildman–Crippen LogP) is 2.45. The molecule has 0 amide bonds. The Morgan fingerprint density at radius 2 is 2.32 bits per heavy atom. The monoisotopic (exact) mass is 384 g/mol. The average Bonchev–Trinajstić information content (AvgIpc) is 3.25. The lowest BCUT2D eigenvalue weighted by atomic mass is 9.98. The number of aromatic nitrogens is 2. The van der Waals surface area contributed by atoms with Crippen LogP contribution in [0.4, 0.5) is 0 Å². The van der Waals surface area contributed by atoms with E-state index in [2.05, 4.69) is 19.8 Å². The molecule has 9 heteroatoms. The molecule has 2 aromatic rings. The van der Waals surface area contributed by atoms with E-state index < -0.39 is 10.0 Å². The molecule has 0 saturated carbocycles. The van der Waals surface area contributed by atoms with Gasteiger partial charge in [0.05, 0.1) is 6.54 Å². The van der Waals surface area contributed by atoms with Crippen LogP contribution in [0.1, 0.15) is 44.3 Å². The summed E-state index contributed by atoms with van der Waals surface area (Å²) in [4.78, 5) is 6.68. The van der Waals surface area contributed by atoms with Crippen LogP contribution in [-0.4, -0.2) is 43.1 Å². The van der Waals surface area contributed by atoms with Crippen molar-refractivity contribution in [2.75, 3.05) is 19.6 Å². The molecule has 1 fully saturated rings. The second-order valence-electron chi connectivity index (χ2n) is 6.73. The Labute approximate surface area is 152 Å². The normalized spacial score (nSPS) is 19.6. The van der Waals surface area contributed by atoms with Crippen molar-refractivity contribution in [3.63, 3.8) is 0 Å².